The highest BCUT2D eigenvalue weighted by molar-refractivity contribution is 9.10. The van der Waals surface area contributed by atoms with Gasteiger partial charge in [-0.1, -0.05) is 58.7 Å². The molecule has 2 rings (SSSR count). The predicted octanol–water partition coefficient (Wildman–Crippen LogP) is 5.53. The summed E-state index contributed by atoms with van der Waals surface area (Å²) in [5.74, 6) is -0.369. The van der Waals surface area contributed by atoms with Crippen LogP contribution in [-0.2, 0) is 6.42 Å². The average Bonchev–Trinajstić information content (AvgIpc) is 2.47. The van der Waals surface area contributed by atoms with Crippen molar-refractivity contribution >= 4 is 27.5 Å². The first-order valence-corrected chi connectivity index (χ1v) is 8.20. The van der Waals surface area contributed by atoms with Crippen LogP contribution in [0.15, 0.2) is 46.9 Å². The molecule has 0 spiro atoms. The molecule has 0 aliphatic rings. The van der Waals surface area contributed by atoms with E-state index in [9.17, 15) is 4.39 Å². The van der Waals surface area contributed by atoms with Gasteiger partial charge in [0.1, 0.15) is 5.82 Å². The van der Waals surface area contributed by atoms with Crippen molar-refractivity contribution in [1.82, 2.24) is 5.32 Å². The zero-order valence-electron chi connectivity index (χ0n) is 11.9. The second-order valence-electron chi connectivity index (χ2n) is 4.98. The number of halogens is 3. The first-order valence-electron chi connectivity index (χ1n) is 7.03. The lowest BCUT2D eigenvalue weighted by atomic mass is 9.98. The summed E-state index contributed by atoms with van der Waals surface area (Å²) in [5, 5.41) is 3.66. The molecule has 2 aromatic carbocycles. The van der Waals surface area contributed by atoms with Crippen LogP contribution < -0.4 is 5.32 Å². The molecule has 4 heteroatoms. The summed E-state index contributed by atoms with van der Waals surface area (Å²) in [6.45, 7) is 2.97. The molecule has 1 nitrogen and oxygen atoms in total. The van der Waals surface area contributed by atoms with Crippen molar-refractivity contribution in [3.8, 4) is 0 Å². The van der Waals surface area contributed by atoms with Crippen LogP contribution in [0.1, 0.15) is 30.5 Å². The normalized spacial score (nSPS) is 12.4. The Bertz CT molecular complexity index is 603. The minimum absolute atomic E-state index is 0.00227. The second-order valence-corrected chi connectivity index (χ2v) is 6.28. The molecule has 21 heavy (non-hydrogen) atoms. The molecule has 0 amide bonds. The van der Waals surface area contributed by atoms with Gasteiger partial charge in [-0.05, 0) is 48.7 Å². The van der Waals surface area contributed by atoms with Gasteiger partial charge in [0.05, 0.1) is 5.02 Å². The molecule has 0 saturated heterocycles. The van der Waals surface area contributed by atoms with Crippen molar-refractivity contribution in [3.05, 3.63) is 68.9 Å². The summed E-state index contributed by atoms with van der Waals surface area (Å²) in [6.07, 6.45) is 1.78. The van der Waals surface area contributed by atoms with Crippen LogP contribution in [0.4, 0.5) is 4.39 Å². The van der Waals surface area contributed by atoms with Gasteiger partial charge in [-0.15, -0.1) is 0 Å². The highest BCUT2D eigenvalue weighted by Crippen LogP contribution is 2.28. The van der Waals surface area contributed by atoms with Crippen molar-refractivity contribution in [2.45, 2.75) is 25.8 Å². The zero-order chi connectivity index (χ0) is 15.2. The highest BCUT2D eigenvalue weighted by atomic mass is 79.9. The monoisotopic (exact) mass is 369 g/mol. The Morgan fingerprint density at radius 1 is 1.24 bits per heavy atom. The summed E-state index contributed by atoms with van der Waals surface area (Å²) in [4.78, 5) is 0. The molecular weight excluding hydrogens is 353 g/mol. The van der Waals surface area contributed by atoms with E-state index in [0.29, 0.717) is 0 Å². The standard InChI is InChI=1S/C17H18BrClFN/c1-2-9-21-16(11-12-5-3-6-13(18)10-12)14-7-4-8-15(20)17(14)19/h3-8,10,16,21H,2,9,11H2,1H3. The van der Waals surface area contributed by atoms with Gasteiger partial charge >= 0.3 is 0 Å². The Morgan fingerprint density at radius 2 is 2.00 bits per heavy atom. The van der Waals surface area contributed by atoms with E-state index in [1.54, 1.807) is 6.07 Å². The topological polar surface area (TPSA) is 12.0 Å². The van der Waals surface area contributed by atoms with E-state index in [1.807, 2.05) is 18.2 Å². The number of hydrogen-bond acceptors (Lipinski definition) is 1. The Hall–Kier alpha value is -0.900. The summed E-state index contributed by atoms with van der Waals surface area (Å²) >= 11 is 9.62. The lowest BCUT2D eigenvalue weighted by molar-refractivity contribution is 0.524. The number of rotatable bonds is 6. The van der Waals surface area contributed by atoms with Crippen LogP contribution in [-0.4, -0.2) is 6.54 Å². The van der Waals surface area contributed by atoms with Crippen molar-refractivity contribution < 1.29 is 4.39 Å². The first-order chi connectivity index (χ1) is 10.1. The average molecular weight is 371 g/mol. The van der Waals surface area contributed by atoms with Crippen LogP contribution >= 0.6 is 27.5 Å². The van der Waals surface area contributed by atoms with Crippen LogP contribution in [0.5, 0.6) is 0 Å². The van der Waals surface area contributed by atoms with Gasteiger partial charge in [0.2, 0.25) is 0 Å². The predicted molar refractivity (Wildman–Crippen MR) is 90.3 cm³/mol. The molecule has 0 fully saturated rings. The fourth-order valence-electron chi connectivity index (χ4n) is 2.30. The van der Waals surface area contributed by atoms with E-state index >= 15 is 0 Å². The third kappa shape index (κ3) is 4.53. The van der Waals surface area contributed by atoms with Gasteiger partial charge in [-0.25, -0.2) is 4.39 Å². The SMILES string of the molecule is CCCNC(Cc1cccc(Br)c1)c1cccc(F)c1Cl. The fraction of sp³-hybridized carbons (Fsp3) is 0.294. The Balaban J connectivity index is 2.27. The molecule has 2 aromatic rings. The molecule has 0 saturated carbocycles. The van der Waals surface area contributed by atoms with Crippen molar-refractivity contribution in [1.29, 1.82) is 0 Å². The second kappa shape index (κ2) is 7.92. The van der Waals surface area contributed by atoms with Gasteiger partial charge in [-0.2, -0.15) is 0 Å². The van der Waals surface area contributed by atoms with E-state index in [4.69, 9.17) is 11.6 Å². The van der Waals surface area contributed by atoms with Crippen LogP contribution in [0, 0.1) is 5.82 Å². The molecule has 112 valence electrons. The highest BCUT2D eigenvalue weighted by Gasteiger charge is 2.17. The van der Waals surface area contributed by atoms with Gasteiger partial charge < -0.3 is 5.32 Å². The van der Waals surface area contributed by atoms with Gasteiger partial charge in [0, 0.05) is 10.5 Å². The third-order valence-corrected chi connectivity index (χ3v) is 4.22. The lowest BCUT2D eigenvalue weighted by Crippen LogP contribution is -2.24. The number of benzene rings is 2. The summed E-state index contributed by atoms with van der Waals surface area (Å²) in [5.41, 5.74) is 1.99. The molecule has 0 aliphatic heterocycles. The molecule has 1 unspecified atom stereocenters. The Kier molecular flexibility index (Phi) is 6.22. The van der Waals surface area contributed by atoms with E-state index in [1.165, 1.54) is 11.6 Å². The maximum absolute atomic E-state index is 13.7. The smallest absolute Gasteiger partial charge is 0.142 e. The van der Waals surface area contributed by atoms with E-state index < -0.39 is 0 Å². The minimum Gasteiger partial charge on any atom is -0.310 e. The maximum Gasteiger partial charge on any atom is 0.142 e. The lowest BCUT2D eigenvalue weighted by Gasteiger charge is -2.20. The molecule has 0 aliphatic carbocycles. The molecular formula is C17H18BrClFN. The number of hydrogen-bond donors (Lipinski definition) is 1. The maximum atomic E-state index is 13.7. The van der Waals surface area contributed by atoms with Gasteiger partial charge in [0.15, 0.2) is 0 Å². The number of nitrogens with one attached hydrogen (secondary N) is 1. The molecule has 0 bridgehead atoms. The van der Waals surface area contributed by atoms with E-state index in [-0.39, 0.29) is 16.9 Å². The fourth-order valence-corrected chi connectivity index (χ4v) is 3.00. The van der Waals surface area contributed by atoms with E-state index in [2.05, 4.69) is 40.3 Å². The molecule has 0 aromatic heterocycles. The van der Waals surface area contributed by atoms with Crippen LogP contribution in [0.25, 0.3) is 0 Å². The van der Waals surface area contributed by atoms with Crippen LogP contribution in [0.3, 0.4) is 0 Å². The molecule has 0 radical (unpaired) electrons. The first kappa shape index (κ1) is 16.5. The summed E-state index contributed by atoms with van der Waals surface area (Å²) < 4.78 is 14.7. The molecule has 0 heterocycles. The Morgan fingerprint density at radius 3 is 2.71 bits per heavy atom. The van der Waals surface area contributed by atoms with Gasteiger partial charge in [0.25, 0.3) is 0 Å². The molecule has 1 atom stereocenters. The third-order valence-electron chi connectivity index (χ3n) is 3.33. The molecule has 1 N–H and O–H groups in total. The summed E-state index contributed by atoms with van der Waals surface area (Å²) in [7, 11) is 0. The van der Waals surface area contributed by atoms with Crippen molar-refractivity contribution in [3.63, 3.8) is 0 Å². The van der Waals surface area contributed by atoms with Gasteiger partial charge in [-0.3, -0.25) is 0 Å². The largest absolute Gasteiger partial charge is 0.310 e. The van der Waals surface area contributed by atoms with E-state index in [0.717, 1.165) is 29.4 Å². The summed E-state index contributed by atoms with van der Waals surface area (Å²) in [6, 6.07) is 13.1. The minimum atomic E-state index is -0.369. The van der Waals surface area contributed by atoms with Crippen molar-refractivity contribution in [2.24, 2.45) is 0 Å². The Labute approximate surface area is 138 Å². The van der Waals surface area contributed by atoms with Crippen LogP contribution in [0.2, 0.25) is 5.02 Å². The zero-order valence-corrected chi connectivity index (χ0v) is 14.2. The quantitative estimate of drug-likeness (QED) is 0.705. The van der Waals surface area contributed by atoms with Crippen molar-refractivity contribution in [2.75, 3.05) is 6.54 Å².